The zero-order valence-electron chi connectivity index (χ0n) is 15.4. The van der Waals surface area contributed by atoms with Crippen LogP contribution in [0.1, 0.15) is 25.6 Å². The summed E-state index contributed by atoms with van der Waals surface area (Å²) in [4.78, 5) is 12.7. The first-order valence-electron chi connectivity index (χ1n) is 8.61. The van der Waals surface area contributed by atoms with Crippen molar-refractivity contribution in [1.82, 2.24) is 20.3 Å². The van der Waals surface area contributed by atoms with Crippen molar-refractivity contribution in [3.8, 4) is 11.3 Å². The van der Waals surface area contributed by atoms with Crippen LogP contribution in [0, 0.1) is 5.92 Å². The number of benzene rings is 1. The van der Waals surface area contributed by atoms with Crippen molar-refractivity contribution in [3.05, 3.63) is 54.6 Å². The fourth-order valence-electron chi connectivity index (χ4n) is 2.78. The summed E-state index contributed by atoms with van der Waals surface area (Å²) in [6.07, 6.45) is 3.20. The first-order chi connectivity index (χ1) is 13.3. The minimum Gasteiger partial charge on any atom is -0.467 e. The third-order valence-electron chi connectivity index (χ3n) is 4.19. The zero-order valence-corrected chi connectivity index (χ0v) is 16.3. The van der Waals surface area contributed by atoms with E-state index in [0.29, 0.717) is 17.0 Å². The standard InChI is InChI=1S/C18H21N5O4S/c1-12(2)17(18(24)20-10-14-4-3-9-27-14)23-11-16(21-22-23)13-5-7-15(8-6-13)28(19,25)26/h3-9,11-12,17H,10H2,1-2H3,(H,20,24)(H2,19,25,26)/t17-/m0/s1. The van der Waals surface area contributed by atoms with Gasteiger partial charge in [-0.1, -0.05) is 31.2 Å². The molecule has 3 aromatic rings. The largest absolute Gasteiger partial charge is 0.467 e. The average Bonchev–Trinajstić information content (AvgIpc) is 3.31. The fourth-order valence-corrected chi connectivity index (χ4v) is 3.30. The summed E-state index contributed by atoms with van der Waals surface area (Å²) in [5, 5.41) is 16.1. The number of carbonyl (C=O) groups is 1. The minimum atomic E-state index is -3.76. The molecule has 9 nitrogen and oxygen atoms in total. The number of aromatic nitrogens is 3. The van der Waals surface area contributed by atoms with E-state index < -0.39 is 16.1 Å². The number of rotatable bonds is 7. The molecule has 0 aliphatic rings. The lowest BCUT2D eigenvalue weighted by molar-refractivity contribution is -0.126. The summed E-state index contributed by atoms with van der Waals surface area (Å²) >= 11 is 0. The van der Waals surface area contributed by atoms with E-state index in [0.717, 1.165) is 0 Å². The van der Waals surface area contributed by atoms with Crippen LogP contribution in [0.3, 0.4) is 0 Å². The lowest BCUT2D eigenvalue weighted by Crippen LogP contribution is -2.35. The molecule has 1 amide bonds. The van der Waals surface area contributed by atoms with Crippen LogP contribution in [-0.2, 0) is 21.4 Å². The molecule has 0 bridgehead atoms. The molecule has 0 fully saturated rings. The number of hydrogen-bond acceptors (Lipinski definition) is 6. The second kappa shape index (κ2) is 7.95. The molecule has 10 heteroatoms. The second-order valence-corrected chi connectivity index (χ2v) is 8.20. The number of sulfonamides is 1. The number of nitrogens with two attached hydrogens (primary N) is 1. The van der Waals surface area contributed by atoms with E-state index in [1.807, 2.05) is 13.8 Å². The normalized spacial score (nSPS) is 12.9. The van der Waals surface area contributed by atoms with Gasteiger partial charge in [0.15, 0.2) is 0 Å². The Morgan fingerprint density at radius 3 is 2.54 bits per heavy atom. The van der Waals surface area contributed by atoms with Crippen LogP contribution in [0.2, 0.25) is 0 Å². The number of primary sulfonamides is 1. The van der Waals surface area contributed by atoms with Gasteiger partial charge in [0, 0.05) is 5.56 Å². The molecule has 2 heterocycles. The van der Waals surface area contributed by atoms with Gasteiger partial charge >= 0.3 is 0 Å². The van der Waals surface area contributed by atoms with Crippen molar-refractivity contribution >= 4 is 15.9 Å². The lowest BCUT2D eigenvalue weighted by Gasteiger charge is -2.19. The predicted octanol–water partition coefficient (Wildman–Crippen LogP) is 1.70. The quantitative estimate of drug-likeness (QED) is 0.617. The Kier molecular flexibility index (Phi) is 5.61. The van der Waals surface area contributed by atoms with Gasteiger partial charge in [0.05, 0.1) is 23.9 Å². The highest BCUT2D eigenvalue weighted by Gasteiger charge is 2.26. The van der Waals surface area contributed by atoms with Gasteiger partial charge in [-0.15, -0.1) is 5.10 Å². The SMILES string of the molecule is CC(C)[C@@H](C(=O)NCc1ccco1)n1cc(-c2ccc(S(N)(=O)=O)cc2)nn1. The molecule has 0 radical (unpaired) electrons. The molecule has 2 aromatic heterocycles. The summed E-state index contributed by atoms with van der Waals surface area (Å²) < 4.78 is 29.5. The molecule has 28 heavy (non-hydrogen) atoms. The van der Waals surface area contributed by atoms with Crippen molar-refractivity contribution in [2.75, 3.05) is 0 Å². The average molecular weight is 403 g/mol. The van der Waals surface area contributed by atoms with Crippen LogP contribution in [-0.4, -0.2) is 29.3 Å². The Hall–Kier alpha value is -2.98. The number of amides is 1. The van der Waals surface area contributed by atoms with Gasteiger partial charge in [-0.25, -0.2) is 18.2 Å². The van der Waals surface area contributed by atoms with Crippen LogP contribution in [0.15, 0.2) is 58.2 Å². The molecule has 0 saturated heterocycles. The summed E-state index contributed by atoms with van der Waals surface area (Å²) in [7, 11) is -3.76. The Bertz CT molecular complexity index is 1040. The summed E-state index contributed by atoms with van der Waals surface area (Å²) in [6.45, 7) is 4.12. The van der Waals surface area contributed by atoms with Crippen molar-refractivity contribution in [2.45, 2.75) is 31.3 Å². The molecule has 0 spiro atoms. The van der Waals surface area contributed by atoms with E-state index in [4.69, 9.17) is 9.56 Å². The molecule has 3 rings (SSSR count). The van der Waals surface area contributed by atoms with Crippen LogP contribution in [0.5, 0.6) is 0 Å². The molecule has 1 atom stereocenters. The van der Waals surface area contributed by atoms with Gasteiger partial charge in [0.25, 0.3) is 0 Å². The maximum Gasteiger partial charge on any atom is 0.245 e. The maximum atomic E-state index is 12.7. The molecule has 3 N–H and O–H groups in total. The maximum absolute atomic E-state index is 12.7. The monoisotopic (exact) mass is 403 g/mol. The van der Waals surface area contributed by atoms with Crippen molar-refractivity contribution in [3.63, 3.8) is 0 Å². The third-order valence-corrected chi connectivity index (χ3v) is 5.12. The molecular formula is C18H21N5O4S. The highest BCUT2D eigenvalue weighted by molar-refractivity contribution is 7.89. The van der Waals surface area contributed by atoms with E-state index in [-0.39, 0.29) is 23.3 Å². The van der Waals surface area contributed by atoms with Crippen LogP contribution >= 0.6 is 0 Å². The summed E-state index contributed by atoms with van der Waals surface area (Å²) in [5.74, 6) is 0.424. The number of carbonyl (C=O) groups excluding carboxylic acids is 1. The number of nitrogens with one attached hydrogen (secondary N) is 1. The Morgan fingerprint density at radius 2 is 1.96 bits per heavy atom. The van der Waals surface area contributed by atoms with Crippen molar-refractivity contribution in [2.24, 2.45) is 11.1 Å². The lowest BCUT2D eigenvalue weighted by atomic mass is 10.0. The molecule has 1 aromatic carbocycles. The second-order valence-electron chi connectivity index (χ2n) is 6.64. The molecule has 0 unspecified atom stereocenters. The van der Waals surface area contributed by atoms with Crippen LogP contribution in [0.4, 0.5) is 0 Å². The van der Waals surface area contributed by atoms with E-state index >= 15 is 0 Å². The number of furan rings is 1. The van der Waals surface area contributed by atoms with Gasteiger partial charge in [0.1, 0.15) is 17.5 Å². The molecular weight excluding hydrogens is 382 g/mol. The van der Waals surface area contributed by atoms with Crippen LogP contribution in [0.25, 0.3) is 11.3 Å². The first kappa shape index (κ1) is 19.8. The van der Waals surface area contributed by atoms with Gasteiger partial charge in [-0.2, -0.15) is 0 Å². The summed E-state index contributed by atoms with van der Waals surface area (Å²) in [5.41, 5.74) is 1.18. The molecule has 0 aliphatic carbocycles. The third kappa shape index (κ3) is 4.46. The Morgan fingerprint density at radius 1 is 1.25 bits per heavy atom. The van der Waals surface area contributed by atoms with Crippen molar-refractivity contribution < 1.29 is 17.6 Å². The van der Waals surface area contributed by atoms with Gasteiger partial charge in [-0.05, 0) is 30.2 Å². The van der Waals surface area contributed by atoms with E-state index in [9.17, 15) is 13.2 Å². The Balaban J connectivity index is 1.78. The zero-order chi connectivity index (χ0) is 20.3. The minimum absolute atomic E-state index is 0.0148. The highest BCUT2D eigenvalue weighted by atomic mass is 32.2. The molecule has 148 valence electrons. The fraction of sp³-hybridized carbons (Fsp3) is 0.278. The topological polar surface area (TPSA) is 133 Å². The predicted molar refractivity (Wildman–Crippen MR) is 101 cm³/mol. The Labute approximate surface area is 162 Å². The van der Waals surface area contributed by atoms with E-state index in [1.54, 1.807) is 36.7 Å². The number of hydrogen-bond donors (Lipinski definition) is 2. The number of nitrogens with zero attached hydrogens (tertiary/aromatic N) is 3. The van der Waals surface area contributed by atoms with Gasteiger partial charge < -0.3 is 9.73 Å². The van der Waals surface area contributed by atoms with Gasteiger partial charge in [-0.3, -0.25) is 4.79 Å². The molecule has 0 aliphatic heterocycles. The van der Waals surface area contributed by atoms with E-state index in [2.05, 4.69) is 15.6 Å². The van der Waals surface area contributed by atoms with Gasteiger partial charge in [0.2, 0.25) is 15.9 Å². The first-order valence-corrected chi connectivity index (χ1v) is 10.2. The highest BCUT2D eigenvalue weighted by Crippen LogP contribution is 2.22. The smallest absolute Gasteiger partial charge is 0.245 e. The molecule has 0 saturated carbocycles. The van der Waals surface area contributed by atoms with Crippen LogP contribution < -0.4 is 10.5 Å². The summed E-state index contributed by atoms with van der Waals surface area (Å²) in [6, 6.07) is 8.97. The van der Waals surface area contributed by atoms with E-state index in [1.165, 1.54) is 16.8 Å². The van der Waals surface area contributed by atoms with Crippen molar-refractivity contribution in [1.29, 1.82) is 0 Å².